The van der Waals surface area contributed by atoms with E-state index >= 15 is 0 Å². The van der Waals surface area contributed by atoms with Crippen molar-refractivity contribution in [2.45, 2.75) is 12.4 Å². The van der Waals surface area contributed by atoms with Gasteiger partial charge >= 0.3 is 30.3 Å². The fourth-order valence-electron chi connectivity index (χ4n) is 2.87. The van der Waals surface area contributed by atoms with E-state index in [1.165, 1.54) is 0 Å². The van der Waals surface area contributed by atoms with Crippen molar-refractivity contribution in [2.75, 3.05) is 28.4 Å². The van der Waals surface area contributed by atoms with Crippen LogP contribution >= 0.6 is 0 Å². The van der Waals surface area contributed by atoms with E-state index in [1.54, 1.807) is 0 Å². The molecule has 0 atom stereocenters. The molecule has 0 aliphatic rings. The van der Waals surface area contributed by atoms with Crippen molar-refractivity contribution in [3.8, 4) is 11.5 Å². The first-order valence-corrected chi connectivity index (χ1v) is 9.50. The van der Waals surface area contributed by atoms with E-state index in [2.05, 4.69) is 18.9 Å². The predicted octanol–water partition coefficient (Wildman–Crippen LogP) is 4.51. The van der Waals surface area contributed by atoms with Crippen LogP contribution in [0.4, 0.5) is 26.3 Å². The Morgan fingerprint density at radius 2 is 1.14 bits per heavy atom. The molecule has 0 unspecified atom stereocenters. The largest absolute Gasteiger partial charge is 0.495 e. The highest BCUT2D eigenvalue weighted by Crippen LogP contribution is 2.40. The minimum atomic E-state index is -4.86. The number of rotatable bonds is 6. The van der Waals surface area contributed by atoms with Gasteiger partial charge < -0.3 is 24.1 Å². The van der Waals surface area contributed by atoms with E-state index in [0.29, 0.717) is 12.1 Å². The third kappa shape index (κ3) is 7.35. The lowest BCUT2D eigenvalue weighted by Gasteiger charge is -2.15. The number of carboxylic acids is 1. The van der Waals surface area contributed by atoms with Crippen LogP contribution in [-0.2, 0) is 21.8 Å². The molecule has 0 amide bonds. The summed E-state index contributed by atoms with van der Waals surface area (Å²) in [5.41, 5.74) is -4.57. The van der Waals surface area contributed by atoms with Crippen molar-refractivity contribution >= 4 is 24.2 Å². The number of esters is 2. The normalized spacial score (nSPS) is 11.0. The van der Waals surface area contributed by atoms with E-state index in [4.69, 9.17) is 5.11 Å². The van der Waals surface area contributed by atoms with Crippen LogP contribution in [-0.4, -0.2) is 57.7 Å². The third-order valence-electron chi connectivity index (χ3n) is 4.43. The number of ether oxygens (including phenoxy) is 4. The third-order valence-corrected chi connectivity index (χ3v) is 4.43. The zero-order valence-corrected chi connectivity index (χ0v) is 19.4. The Labute approximate surface area is 204 Å². The molecule has 0 heterocycles. The van der Waals surface area contributed by atoms with E-state index in [-0.39, 0.29) is 17.4 Å². The molecule has 2 rings (SSSR count). The van der Waals surface area contributed by atoms with Crippen molar-refractivity contribution in [1.29, 1.82) is 0 Å². The molecular formula is C22H18F6O9. The van der Waals surface area contributed by atoms with Gasteiger partial charge in [-0.05, 0) is 24.3 Å². The molecule has 0 radical (unpaired) electrons. The summed E-state index contributed by atoms with van der Waals surface area (Å²) in [6.45, 7) is 0. The molecule has 0 aromatic heterocycles. The van der Waals surface area contributed by atoms with Gasteiger partial charge in [0.2, 0.25) is 0 Å². The number of hydrogen-bond acceptors (Lipinski definition) is 8. The molecule has 0 fully saturated rings. The summed E-state index contributed by atoms with van der Waals surface area (Å²) < 4.78 is 94.3. The monoisotopic (exact) mass is 540 g/mol. The average molecular weight is 540 g/mol. The van der Waals surface area contributed by atoms with Gasteiger partial charge in [0, 0.05) is 0 Å². The first-order chi connectivity index (χ1) is 17.1. The quantitative estimate of drug-likeness (QED) is 0.320. The van der Waals surface area contributed by atoms with Gasteiger partial charge in [-0.2, -0.15) is 26.3 Å². The van der Waals surface area contributed by atoms with Crippen LogP contribution in [0.3, 0.4) is 0 Å². The first-order valence-electron chi connectivity index (χ1n) is 9.50. The van der Waals surface area contributed by atoms with Gasteiger partial charge in [0.25, 0.3) is 0 Å². The summed E-state index contributed by atoms with van der Waals surface area (Å²) in [5.74, 6) is -5.16. The summed E-state index contributed by atoms with van der Waals surface area (Å²) >= 11 is 0. The number of halogens is 6. The fourth-order valence-corrected chi connectivity index (χ4v) is 2.87. The van der Waals surface area contributed by atoms with Gasteiger partial charge in [-0.3, -0.25) is 4.79 Å². The number of hydrogen-bond donors (Lipinski definition) is 1. The Bertz CT molecular complexity index is 1190. The molecule has 0 saturated carbocycles. The molecule has 0 aliphatic heterocycles. The van der Waals surface area contributed by atoms with Crippen LogP contribution < -0.4 is 9.47 Å². The number of aromatic carboxylic acids is 1. The number of carbonyl (C=O) groups excluding carboxylic acids is 3. The number of carbonyl (C=O) groups is 4. The van der Waals surface area contributed by atoms with Crippen LogP contribution in [0.1, 0.15) is 52.6 Å². The molecule has 1 N–H and O–H groups in total. The Hall–Kier alpha value is -4.30. The summed E-state index contributed by atoms with van der Waals surface area (Å²) in [6, 6.07) is 2.81. The number of benzene rings is 2. The molecule has 9 nitrogen and oxygen atoms in total. The zero-order valence-electron chi connectivity index (χ0n) is 19.4. The van der Waals surface area contributed by atoms with Crippen LogP contribution in [0, 0.1) is 0 Å². The molecule has 37 heavy (non-hydrogen) atoms. The van der Waals surface area contributed by atoms with E-state index in [0.717, 1.165) is 40.6 Å². The second-order valence-corrected chi connectivity index (χ2v) is 6.65. The molecule has 2 aromatic rings. The smallest absolute Gasteiger partial charge is 0.420 e. The predicted molar refractivity (Wildman–Crippen MR) is 111 cm³/mol. The van der Waals surface area contributed by atoms with Crippen LogP contribution in [0.25, 0.3) is 0 Å². The van der Waals surface area contributed by atoms with Gasteiger partial charge in [-0.25, -0.2) is 14.4 Å². The van der Waals surface area contributed by atoms with Gasteiger partial charge in [0.1, 0.15) is 17.1 Å². The molecule has 0 saturated heterocycles. The highest BCUT2D eigenvalue weighted by molar-refractivity contribution is 5.97. The number of methoxy groups -OCH3 is 4. The molecule has 0 bridgehead atoms. The minimum absolute atomic E-state index is 0.181. The van der Waals surface area contributed by atoms with Crippen LogP contribution in [0.5, 0.6) is 11.5 Å². The summed E-state index contributed by atoms with van der Waals surface area (Å²) in [5, 5.41) is 8.87. The lowest BCUT2D eigenvalue weighted by Crippen LogP contribution is -2.14. The van der Waals surface area contributed by atoms with Crippen LogP contribution in [0.15, 0.2) is 24.3 Å². The number of aldehydes is 1. The lowest BCUT2D eigenvalue weighted by molar-refractivity contribution is -0.139. The summed E-state index contributed by atoms with van der Waals surface area (Å²) in [7, 11) is 3.92. The zero-order chi connectivity index (χ0) is 28.7. The Kier molecular flexibility index (Phi) is 10.0. The highest BCUT2D eigenvalue weighted by Gasteiger charge is 2.38. The van der Waals surface area contributed by atoms with Crippen molar-refractivity contribution in [2.24, 2.45) is 0 Å². The van der Waals surface area contributed by atoms with Gasteiger partial charge in [0.15, 0.2) is 6.29 Å². The second kappa shape index (κ2) is 12.1. The summed E-state index contributed by atoms with van der Waals surface area (Å²) in [6.07, 6.45) is -9.42. The highest BCUT2D eigenvalue weighted by atomic mass is 19.4. The number of carboxylic acid groups (broad SMARTS) is 1. The van der Waals surface area contributed by atoms with Gasteiger partial charge in [-0.1, -0.05) is 0 Å². The Balaban J connectivity index is 0.000000371. The van der Waals surface area contributed by atoms with Crippen molar-refractivity contribution in [1.82, 2.24) is 0 Å². The number of alkyl halides is 6. The van der Waals surface area contributed by atoms with Crippen LogP contribution in [0.2, 0.25) is 0 Å². The lowest BCUT2D eigenvalue weighted by atomic mass is 10.0. The van der Waals surface area contributed by atoms with Gasteiger partial charge in [0.05, 0.1) is 56.3 Å². The second-order valence-electron chi connectivity index (χ2n) is 6.65. The molecule has 202 valence electrons. The van der Waals surface area contributed by atoms with E-state index in [9.17, 15) is 45.5 Å². The van der Waals surface area contributed by atoms with Gasteiger partial charge in [-0.15, -0.1) is 0 Å². The van der Waals surface area contributed by atoms with E-state index < -0.39 is 64.0 Å². The Morgan fingerprint density at radius 1 is 0.730 bits per heavy atom. The maximum Gasteiger partial charge on any atom is 0.420 e. The van der Waals surface area contributed by atoms with Crippen molar-refractivity contribution in [3.05, 3.63) is 57.6 Å². The molecule has 2 aromatic carbocycles. The standard InChI is InChI=1S/C11H9F3O5.C11H9F3O4/c1-18-8-6(9(15)16)3-5(10(17)19-2)4-7(8)11(12,13)14;1-17-9-7(5-15)3-6(10(16)18-2)4-8(9)11(12,13)14/h3-4H,1-2H3,(H,15,16);3-5H,1-2H3. The summed E-state index contributed by atoms with van der Waals surface area (Å²) in [4.78, 5) is 44.1. The van der Waals surface area contributed by atoms with Crippen molar-refractivity contribution in [3.63, 3.8) is 0 Å². The maximum atomic E-state index is 12.8. The fraction of sp³-hybridized carbons (Fsp3) is 0.273. The Morgan fingerprint density at radius 3 is 1.46 bits per heavy atom. The molecule has 0 aliphatic carbocycles. The first kappa shape index (κ1) is 30.7. The molecular weight excluding hydrogens is 522 g/mol. The van der Waals surface area contributed by atoms with Crippen molar-refractivity contribution < 1.29 is 69.6 Å². The van der Waals surface area contributed by atoms with E-state index in [1.807, 2.05) is 0 Å². The molecule has 0 spiro atoms. The maximum absolute atomic E-state index is 12.8. The molecule has 15 heteroatoms. The topological polar surface area (TPSA) is 125 Å². The average Bonchev–Trinajstić information content (AvgIpc) is 2.84. The minimum Gasteiger partial charge on any atom is -0.495 e. The SMILES string of the molecule is COC(=O)c1cc(C(=O)O)c(OC)c(C(F)(F)F)c1.COC(=O)c1cc(C=O)c(OC)c(C(F)(F)F)c1.